The Balaban J connectivity index is 1.94. The number of benzene rings is 2. The van der Waals surface area contributed by atoms with E-state index in [4.69, 9.17) is 0 Å². The Kier molecular flexibility index (Phi) is 4.35. The molecule has 0 fully saturated rings. The van der Waals surface area contributed by atoms with Crippen LogP contribution in [0.1, 0.15) is 17.3 Å². The molecular formula is C19H17N3O3. The van der Waals surface area contributed by atoms with Crippen molar-refractivity contribution in [1.29, 1.82) is 0 Å². The van der Waals surface area contributed by atoms with Gasteiger partial charge >= 0.3 is 0 Å². The summed E-state index contributed by atoms with van der Waals surface area (Å²) in [6, 6.07) is 13.9. The highest BCUT2D eigenvalue weighted by atomic mass is 16.2. The Morgan fingerprint density at radius 3 is 2.36 bits per heavy atom. The Hall–Kier alpha value is -3.41. The maximum Gasteiger partial charge on any atom is 0.261 e. The van der Waals surface area contributed by atoms with Gasteiger partial charge in [0, 0.05) is 36.9 Å². The van der Waals surface area contributed by atoms with E-state index in [9.17, 15) is 14.4 Å². The zero-order valence-corrected chi connectivity index (χ0v) is 13.9. The highest BCUT2D eigenvalue weighted by Crippen LogP contribution is 2.16. The predicted octanol–water partition coefficient (Wildman–Crippen LogP) is 2.75. The molecule has 0 bridgehead atoms. The van der Waals surface area contributed by atoms with Crippen LogP contribution in [0, 0.1) is 0 Å². The molecule has 0 aliphatic carbocycles. The lowest BCUT2D eigenvalue weighted by molar-refractivity contribution is -0.114. The minimum absolute atomic E-state index is 0.0612. The molecule has 126 valence electrons. The van der Waals surface area contributed by atoms with E-state index in [1.807, 2.05) is 12.1 Å². The number of anilines is 2. The van der Waals surface area contributed by atoms with Crippen LogP contribution in [-0.2, 0) is 11.8 Å². The summed E-state index contributed by atoms with van der Waals surface area (Å²) in [5, 5.41) is 5.84. The van der Waals surface area contributed by atoms with Gasteiger partial charge in [0.05, 0.1) is 5.52 Å². The molecule has 2 amide bonds. The molecule has 0 spiro atoms. The molecule has 0 radical (unpaired) electrons. The number of carbonyl (C=O) groups excluding carboxylic acids is 2. The number of nitrogens with one attached hydrogen (secondary N) is 2. The third-order valence-electron chi connectivity index (χ3n) is 3.78. The number of para-hydroxylation sites is 1. The second kappa shape index (κ2) is 6.60. The molecule has 1 aromatic heterocycles. The Morgan fingerprint density at radius 1 is 0.960 bits per heavy atom. The summed E-state index contributed by atoms with van der Waals surface area (Å²) in [4.78, 5) is 36.3. The third kappa shape index (κ3) is 3.42. The van der Waals surface area contributed by atoms with Crippen molar-refractivity contribution in [2.75, 3.05) is 10.6 Å². The van der Waals surface area contributed by atoms with Crippen molar-refractivity contribution in [2.24, 2.45) is 7.05 Å². The van der Waals surface area contributed by atoms with Gasteiger partial charge in [0.15, 0.2) is 0 Å². The van der Waals surface area contributed by atoms with Gasteiger partial charge < -0.3 is 15.2 Å². The van der Waals surface area contributed by atoms with Crippen molar-refractivity contribution in [3.63, 3.8) is 0 Å². The first kappa shape index (κ1) is 16.4. The number of hydrogen-bond acceptors (Lipinski definition) is 3. The highest BCUT2D eigenvalue weighted by Gasteiger charge is 2.14. The van der Waals surface area contributed by atoms with Gasteiger partial charge in [-0.1, -0.05) is 18.2 Å². The maximum absolute atomic E-state index is 12.6. The summed E-state index contributed by atoms with van der Waals surface area (Å²) in [5.74, 6) is -0.696. The van der Waals surface area contributed by atoms with Crippen molar-refractivity contribution in [3.05, 3.63) is 70.5 Å². The van der Waals surface area contributed by atoms with Crippen LogP contribution in [0.15, 0.2) is 59.5 Å². The van der Waals surface area contributed by atoms with Crippen molar-refractivity contribution in [1.82, 2.24) is 4.57 Å². The van der Waals surface area contributed by atoms with Crippen LogP contribution < -0.4 is 16.1 Å². The van der Waals surface area contributed by atoms with E-state index < -0.39 is 5.91 Å². The van der Waals surface area contributed by atoms with Crippen molar-refractivity contribution in [3.8, 4) is 0 Å². The van der Waals surface area contributed by atoms with Gasteiger partial charge in [-0.3, -0.25) is 14.4 Å². The molecule has 0 saturated carbocycles. The molecule has 2 aromatic carbocycles. The molecule has 0 unspecified atom stereocenters. The number of rotatable bonds is 3. The smallest absolute Gasteiger partial charge is 0.261 e. The quantitative estimate of drug-likeness (QED) is 0.772. The zero-order valence-electron chi connectivity index (χ0n) is 13.9. The second-order valence-corrected chi connectivity index (χ2v) is 5.72. The number of hydrogen-bond donors (Lipinski definition) is 2. The molecule has 3 rings (SSSR count). The summed E-state index contributed by atoms with van der Waals surface area (Å²) in [5.41, 5.74) is 1.57. The minimum Gasteiger partial charge on any atom is -0.350 e. The third-order valence-corrected chi connectivity index (χ3v) is 3.78. The zero-order chi connectivity index (χ0) is 18.0. The van der Waals surface area contributed by atoms with Crippen LogP contribution in [0.4, 0.5) is 11.4 Å². The number of fused-ring (bicyclic) bond motifs is 1. The van der Waals surface area contributed by atoms with Crippen LogP contribution in [-0.4, -0.2) is 16.4 Å². The molecule has 6 nitrogen and oxygen atoms in total. The molecule has 3 aromatic rings. The fourth-order valence-corrected chi connectivity index (χ4v) is 2.68. The van der Waals surface area contributed by atoms with Crippen LogP contribution in [0.5, 0.6) is 0 Å². The minimum atomic E-state index is -0.494. The highest BCUT2D eigenvalue weighted by molar-refractivity contribution is 6.06. The fourth-order valence-electron chi connectivity index (χ4n) is 2.68. The summed E-state index contributed by atoms with van der Waals surface area (Å²) in [6.45, 7) is 1.41. The first-order valence-corrected chi connectivity index (χ1v) is 7.73. The van der Waals surface area contributed by atoms with E-state index in [1.54, 1.807) is 48.0 Å². The van der Waals surface area contributed by atoms with Gasteiger partial charge in [0.2, 0.25) is 11.3 Å². The average molecular weight is 335 g/mol. The van der Waals surface area contributed by atoms with E-state index in [1.165, 1.54) is 13.1 Å². The lowest BCUT2D eigenvalue weighted by Crippen LogP contribution is -2.23. The summed E-state index contributed by atoms with van der Waals surface area (Å²) in [7, 11) is 1.79. The van der Waals surface area contributed by atoms with Crippen LogP contribution in [0.2, 0.25) is 0 Å². The SMILES string of the molecule is CC(=O)Nc1cccc(NC(=O)c2cn(C)c3ccccc3c2=O)c1. The molecular weight excluding hydrogens is 318 g/mol. The number of nitrogens with zero attached hydrogens (tertiary/aromatic N) is 1. The van der Waals surface area contributed by atoms with Crippen molar-refractivity contribution < 1.29 is 9.59 Å². The molecule has 0 atom stereocenters. The van der Waals surface area contributed by atoms with Gasteiger partial charge in [-0.25, -0.2) is 0 Å². The Morgan fingerprint density at radius 2 is 1.64 bits per heavy atom. The van der Waals surface area contributed by atoms with Gasteiger partial charge in [-0.15, -0.1) is 0 Å². The topological polar surface area (TPSA) is 80.2 Å². The summed E-state index contributed by atoms with van der Waals surface area (Å²) >= 11 is 0. The molecule has 0 aliphatic rings. The van der Waals surface area contributed by atoms with E-state index in [0.717, 1.165) is 5.52 Å². The number of pyridine rings is 1. The Labute approximate surface area is 144 Å². The first-order chi connectivity index (χ1) is 12.0. The Bertz CT molecular complexity index is 1040. The van der Waals surface area contributed by atoms with Gasteiger partial charge in [-0.2, -0.15) is 0 Å². The molecule has 0 saturated heterocycles. The normalized spacial score (nSPS) is 10.5. The average Bonchev–Trinajstić information content (AvgIpc) is 2.58. The van der Waals surface area contributed by atoms with Crippen LogP contribution in [0.25, 0.3) is 10.9 Å². The number of aromatic nitrogens is 1. The molecule has 25 heavy (non-hydrogen) atoms. The van der Waals surface area contributed by atoms with Gasteiger partial charge in [-0.05, 0) is 30.3 Å². The molecule has 0 aliphatic heterocycles. The standard InChI is InChI=1S/C19H17N3O3/c1-12(23)20-13-6-5-7-14(10-13)21-19(25)16-11-22(2)17-9-4-3-8-15(17)18(16)24/h3-11H,1-2H3,(H,20,23)(H,21,25). The lowest BCUT2D eigenvalue weighted by Gasteiger charge is -2.10. The number of amides is 2. The fraction of sp³-hybridized carbons (Fsp3) is 0.105. The largest absolute Gasteiger partial charge is 0.350 e. The number of aryl methyl sites for hydroxylation is 1. The first-order valence-electron chi connectivity index (χ1n) is 7.73. The van der Waals surface area contributed by atoms with Crippen LogP contribution >= 0.6 is 0 Å². The summed E-state index contributed by atoms with van der Waals surface area (Å²) in [6.07, 6.45) is 1.53. The molecule has 2 N–H and O–H groups in total. The second-order valence-electron chi connectivity index (χ2n) is 5.72. The van der Waals surface area contributed by atoms with Crippen LogP contribution in [0.3, 0.4) is 0 Å². The van der Waals surface area contributed by atoms with E-state index in [0.29, 0.717) is 16.8 Å². The van der Waals surface area contributed by atoms with Crippen molar-refractivity contribution >= 4 is 34.1 Å². The van der Waals surface area contributed by atoms with E-state index in [-0.39, 0.29) is 16.9 Å². The van der Waals surface area contributed by atoms with Gasteiger partial charge in [0.1, 0.15) is 5.56 Å². The van der Waals surface area contributed by atoms with Crippen molar-refractivity contribution in [2.45, 2.75) is 6.92 Å². The monoisotopic (exact) mass is 335 g/mol. The maximum atomic E-state index is 12.6. The van der Waals surface area contributed by atoms with E-state index in [2.05, 4.69) is 10.6 Å². The summed E-state index contributed by atoms with van der Waals surface area (Å²) < 4.78 is 1.75. The molecule has 1 heterocycles. The lowest BCUT2D eigenvalue weighted by atomic mass is 10.1. The number of carbonyl (C=O) groups is 2. The van der Waals surface area contributed by atoms with E-state index >= 15 is 0 Å². The predicted molar refractivity (Wildman–Crippen MR) is 97.9 cm³/mol. The van der Waals surface area contributed by atoms with Gasteiger partial charge in [0.25, 0.3) is 5.91 Å². The molecule has 6 heteroatoms.